The van der Waals surface area contributed by atoms with E-state index in [1.165, 1.54) is 14.0 Å². The van der Waals surface area contributed by atoms with Gasteiger partial charge < -0.3 is 14.6 Å². The van der Waals surface area contributed by atoms with Crippen molar-refractivity contribution in [2.45, 2.75) is 105 Å². The summed E-state index contributed by atoms with van der Waals surface area (Å²) in [5, 5.41) is 10.6. The normalized spacial score (nSPS) is 45.6. The van der Waals surface area contributed by atoms with Crippen LogP contribution in [0.5, 0.6) is 0 Å². The van der Waals surface area contributed by atoms with Crippen molar-refractivity contribution in [1.29, 1.82) is 0 Å². The quantitative estimate of drug-likeness (QED) is 0.530. The van der Waals surface area contributed by atoms with E-state index in [-0.39, 0.29) is 58.6 Å². The summed E-state index contributed by atoms with van der Waals surface area (Å²) >= 11 is 0. The van der Waals surface area contributed by atoms with Crippen molar-refractivity contribution < 1.29 is 29.0 Å². The third kappa shape index (κ3) is 4.36. The number of carbonyl (C=O) groups is 3. The van der Waals surface area contributed by atoms with Crippen molar-refractivity contribution in [3.63, 3.8) is 0 Å². The number of hydrogen-bond acceptors (Lipinski definition) is 6. The van der Waals surface area contributed by atoms with Gasteiger partial charge in [-0.2, -0.15) is 0 Å². The zero-order valence-corrected chi connectivity index (χ0v) is 22.5. The van der Waals surface area contributed by atoms with Crippen LogP contribution in [-0.2, 0) is 23.9 Å². The molecule has 4 rings (SSSR count). The molecule has 0 amide bonds. The van der Waals surface area contributed by atoms with Crippen molar-refractivity contribution in [2.24, 2.45) is 52.3 Å². The topological polar surface area (TPSA) is 89.9 Å². The molecule has 0 aromatic heterocycles. The predicted octanol–water partition coefficient (Wildman–Crippen LogP) is 4.95. The highest BCUT2D eigenvalue weighted by Gasteiger charge is 2.68. The minimum absolute atomic E-state index is 0.0319. The Kier molecular flexibility index (Phi) is 7.45. The second-order valence-corrected chi connectivity index (χ2v) is 12.8. The Hall–Kier alpha value is -1.43. The molecule has 4 saturated carbocycles. The van der Waals surface area contributed by atoms with Gasteiger partial charge in [0.1, 0.15) is 11.9 Å². The Balaban J connectivity index is 1.71. The fourth-order valence-electron chi connectivity index (χ4n) is 9.71. The number of Topliss-reactive ketones (excluding diaryl/α,β-unsaturated/α-hetero) is 1. The highest BCUT2D eigenvalue weighted by Crippen LogP contribution is 2.69. The molecule has 4 aliphatic carbocycles. The van der Waals surface area contributed by atoms with E-state index in [9.17, 15) is 19.5 Å². The maximum absolute atomic E-state index is 14.1. The number of rotatable bonds is 6. The molecule has 6 heteroatoms. The van der Waals surface area contributed by atoms with Gasteiger partial charge in [0.05, 0.1) is 13.2 Å². The standard InChI is InChI=1S/C29H46O6/c1-7-19-22-14-18(31)12-13-28(22,4)26-23(32)15-29(5)20(16(2)8-11-24(33)34-6)9-10-21(29)25(26)27(19)35-17(3)30/h16,18-22,25-27,31H,7-15H2,1-6H3/t16-,18-,19-,20-,21?,22+,25?,26?,27-,28+,29-/m1/s1. The number of aliphatic hydroxyl groups excluding tert-OH is 1. The van der Waals surface area contributed by atoms with E-state index in [1.807, 2.05) is 0 Å². The minimum atomic E-state index is -0.341. The van der Waals surface area contributed by atoms with Crippen LogP contribution in [0.25, 0.3) is 0 Å². The lowest BCUT2D eigenvalue weighted by Gasteiger charge is -2.64. The molecule has 0 bridgehead atoms. The molecule has 0 aliphatic heterocycles. The van der Waals surface area contributed by atoms with Gasteiger partial charge in [0, 0.05) is 31.6 Å². The van der Waals surface area contributed by atoms with Crippen LogP contribution in [0.1, 0.15) is 92.4 Å². The molecule has 0 saturated heterocycles. The Morgan fingerprint density at radius 3 is 2.49 bits per heavy atom. The first-order valence-electron chi connectivity index (χ1n) is 13.9. The number of ether oxygens (including phenoxy) is 2. The summed E-state index contributed by atoms with van der Waals surface area (Å²) in [6.07, 6.45) is 6.39. The first-order valence-corrected chi connectivity index (χ1v) is 13.9. The third-order valence-electron chi connectivity index (χ3n) is 11.1. The van der Waals surface area contributed by atoms with E-state index in [2.05, 4.69) is 27.7 Å². The summed E-state index contributed by atoms with van der Waals surface area (Å²) in [5.74, 6) is 1.14. The average molecular weight is 491 g/mol. The molecule has 198 valence electrons. The Morgan fingerprint density at radius 2 is 1.86 bits per heavy atom. The molecule has 1 N–H and O–H groups in total. The molecule has 0 radical (unpaired) electrons. The lowest BCUT2D eigenvalue weighted by molar-refractivity contribution is -0.214. The first kappa shape index (κ1) is 26.6. The largest absolute Gasteiger partial charge is 0.469 e. The molecule has 0 aromatic rings. The SMILES string of the molecule is CC[C@H]1[C@@H](OC(C)=O)C2C3CC[C@H]([C@H](C)CCC(=O)OC)[C@@]3(C)CC(=O)C2[C@@]2(C)CC[C@@H](O)C[C@@H]12. The van der Waals surface area contributed by atoms with Crippen molar-refractivity contribution in [2.75, 3.05) is 7.11 Å². The fraction of sp³-hybridized carbons (Fsp3) is 0.897. The molecule has 6 nitrogen and oxygen atoms in total. The van der Waals surface area contributed by atoms with Crippen LogP contribution in [0.3, 0.4) is 0 Å². The van der Waals surface area contributed by atoms with Crippen LogP contribution in [-0.4, -0.2) is 42.1 Å². The average Bonchev–Trinajstić information content (AvgIpc) is 3.14. The van der Waals surface area contributed by atoms with Crippen molar-refractivity contribution >= 4 is 17.7 Å². The second kappa shape index (κ2) is 9.79. The smallest absolute Gasteiger partial charge is 0.305 e. The molecule has 35 heavy (non-hydrogen) atoms. The van der Waals surface area contributed by atoms with Crippen LogP contribution >= 0.6 is 0 Å². The zero-order chi connectivity index (χ0) is 25.7. The maximum Gasteiger partial charge on any atom is 0.305 e. The van der Waals surface area contributed by atoms with Gasteiger partial charge in [0.15, 0.2) is 0 Å². The molecule has 11 atom stereocenters. The molecular weight excluding hydrogens is 444 g/mol. The van der Waals surface area contributed by atoms with Gasteiger partial charge >= 0.3 is 11.9 Å². The van der Waals surface area contributed by atoms with Crippen molar-refractivity contribution in [1.82, 2.24) is 0 Å². The van der Waals surface area contributed by atoms with E-state index in [0.29, 0.717) is 42.8 Å². The Labute approximate surface area is 210 Å². The lowest BCUT2D eigenvalue weighted by atomic mass is 9.41. The molecule has 0 aromatic carbocycles. The van der Waals surface area contributed by atoms with Gasteiger partial charge in [-0.25, -0.2) is 0 Å². The summed E-state index contributed by atoms with van der Waals surface area (Å²) in [7, 11) is 1.43. The van der Waals surface area contributed by atoms with Crippen LogP contribution in [0.15, 0.2) is 0 Å². The van der Waals surface area contributed by atoms with Gasteiger partial charge in [-0.3, -0.25) is 14.4 Å². The molecule has 4 fully saturated rings. The van der Waals surface area contributed by atoms with E-state index in [1.54, 1.807) is 0 Å². The number of methoxy groups -OCH3 is 1. The number of carbonyl (C=O) groups excluding carboxylic acids is 3. The van der Waals surface area contributed by atoms with Gasteiger partial charge in [-0.15, -0.1) is 0 Å². The third-order valence-corrected chi connectivity index (χ3v) is 11.1. The highest BCUT2D eigenvalue weighted by molar-refractivity contribution is 5.84. The molecule has 0 spiro atoms. The first-order chi connectivity index (χ1) is 16.5. The molecule has 4 aliphatic rings. The van der Waals surface area contributed by atoms with Gasteiger partial charge in [0.2, 0.25) is 0 Å². The zero-order valence-electron chi connectivity index (χ0n) is 22.5. The molecule has 0 heterocycles. The molecule has 3 unspecified atom stereocenters. The summed E-state index contributed by atoms with van der Waals surface area (Å²) in [6.45, 7) is 10.5. The van der Waals surface area contributed by atoms with Crippen molar-refractivity contribution in [3.05, 3.63) is 0 Å². The number of ketones is 1. The number of fused-ring (bicyclic) bond motifs is 5. The van der Waals surface area contributed by atoms with Crippen molar-refractivity contribution in [3.8, 4) is 0 Å². The summed E-state index contributed by atoms with van der Waals surface area (Å²) in [4.78, 5) is 38.3. The number of hydrogen-bond donors (Lipinski definition) is 1. The highest BCUT2D eigenvalue weighted by atomic mass is 16.5. The maximum atomic E-state index is 14.1. The monoisotopic (exact) mass is 490 g/mol. The van der Waals surface area contributed by atoms with E-state index >= 15 is 0 Å². The predicted molar refractivity (Wildman–Crippen MR) is 132 cm³/mol. The van der Waals surface area contributed by atoms with Crippen LogP contribution in [0.4, 0.5) is 0 Å². The summed E-state index contributed by atoms with van der Waals surface area (Å²) in [5.41, 5.74) is -0.309. The number of aliphatic hydroxyl groups is 1. The Bertz CT molecular complexity index is 839. The number of esters is 2. The lowest BCUT2D eigenvalue weighted by Crippen LogP contribution is -2.65. The summed E-state index contributed by atoms with van der Waals surface area (Å²) < 4.78 is 11.0. The minimum Gasteiger partial charge on any atom is -0.469 e. The van der Waals surface area contributed by atoms with E-state index < -0.39 is 0 Å². The fourth-order valence-corrected chi connectivity index (χ4v) is 9.71. The van der Waals surface area contributed by atoms with Crippen LogP contribution in [0, 0.1) is 52.3 Å². The van der Waals surface area contributed by atoms with Gasteiger partial charge in [-0.1, -0.05) is 27.7 Å². The molecular formula is C29H46O6. The second-order valence-electron chi connectivity index (χ2n) is 12.8. The van der Waals surface area contributed by atoms with E-state index in [0.717, 1.165) is 38.5 Å². The van der Waals surface area contributed by atoms with E-state index in [4.69, 9.17) is 9.47 Å². The van der Waals surface area contributed by atoms with Crippen LogP contribution < -0.4 is 0 Å². The van der Waals surface area contributed by atoms with Crippen LogP contribution in [0.2, 0.25) is 0 Å². The van der Waals surface area contributed by atoms with Gasteiger partial charge in [-0.05, 0) is 85.4 Å². The summed E-state index contributed by atoms with van der Waals surface area (Å²) in [6, 6.07) is 0. The Morgan fingerprint density at radius 1 is 1.14 bits per heavy atom. The van der Waals surface area contributed by atoms with Gasteiger partial charge in [0.25, 0.3) is 0 Å².